The standard InChI is InChI=1S/C13H18N2O2/c1-8-9(2)17-10(3)13(8)12(15-14)6-11-4-5-16-7-11/h4-5,7,12,15H,6,14H2,1-3H3. The van der Waals surface area contributed by atoms with Gasteiger partial charge in [0.25, 0.3) is 0 Å². The Morgan fingerprint density at radius 2 is 2.06 bits per heavy atom. The highest BCUT2D eigenvalue weighted by atomic mass is 16.3. The van der Waals surface area contributed by atoms with Crippen LogP contribution >= 0.6 is 0 Å². The van der Waals surface area contributed by atoms with Crippen molar-refractivity contribution in [3.63, 3.8) is 0 Å². The molecule has 2 rings (SSSR count). The molecule has 2 aromatic heterocycles. The van der Waals surface area contributed by atoms with Crippen molar-refractivity contribution in [1.29, 1.82) is 0 Å². The minimum absolute atomic E-state index is 0.0463. The van der Waals surface area contributed by atoms with E-state index in [-0.39, 0.29) is 6.04 Å². The highest BCUT2D eigenvalue weighted by molar-refractivity contribution is 5.35. The Hall–Kier alpha value is -1.52. The second-order valence-corrected chi connectivity index (χ2v) is 4.31. The maximum atomic E-state index is 5.65. The van der Waals surface area contributed by atoms with Crippen LogP contribution in [0.3, 0.4) is 0 Å². The Labute approximate surface area is 101 Å². The molecule has 4 nitrogen and oxygen atoms in total. The van der Waals surface area contributed by atoms with Gasteiger partial charge in [0.05, 0.1) is 18.6 Å². The van der Waals surface area contributed by atoms with Crippen LogP contribution < -0.4 is 11.3 Å². The van der Waals surface area contributed by atoms with Crippen molar-refractivity contribution in [2.24, 2.45) is 5.84 Å². The van der Waals surface area contributed by atoms with Crippen molar-refractivity contribution in [3.8, 4) is 0 Å². The summed E-state index contributed by atoms with van der Waals surface area (Å²) in [7, 11) is 0. The third-order valence-electron chi connectivity index (χ3n) is 3.19. The molecule has 2 heterocycles. The lowest BCUT2D eigenvalue weighted by molar-refractivity contribution is 0.483. The summed E-state index contributed by atoms with van der Waals surface area (Å²) in [6, 6.07) is 1.99. The molecule has 0 aliphatic heterocycles. The molecule has 1 atom stereocenters. The van der Waals surface area contributed by atoms with Gasteiger partial charge in [-0.2, -0.15) is 0 Å². The van der Waals surface area contributed by atoms with Gasteiger partial charge in [0.15, 0.2) is 0 Å². The summed E-state index contributed by atoms with van der Waals surface area (Å²) >= 11 is 0. The molecule has 0 saturated carbocycles. The first-order chi connectivity index (χ1) is 8.13. The first-order valence-electron chi connectivity index (χ1n) is 5.67. The van der Waals surface area contributed by atoms with Crippen molar-refractivity contribution >= 4 is 0 Å². The normalized spacial score (nSPS) is 12.9. The molecule has 0 fully saturated rings. The van der Waals surface area contributed by atoms with E-state index in [0.717, 1.165) is 34.6 Å². The summed E-state index contributed by atoms with van der Waals surface area (Å²) in [5, 5.41) is 0. The third-order valence-corrected chi connectivity index (χ3v) is 3.19. The summed E-state index contributed by atoms with van der Waals surface area (Å²) in [5.74, 6) is 7.52. The van der Waals surface area contributed by atoms with Crippen molar-refractivity contribution in [2.45, 2.75) is 33.2 Å². The predicted molar refractivity (Wildman–Crippen MR) is 65.4 cm³/mol. The molecule has 92 valence electrons. The van der Waals surface area contributed by atoms with Gasteiger partial charge in [-0.15, -0.1) is 0 Å². The molecular formula is C13H18N2O2. The number of aryl methyl sites for hydroxylation is 2. The lowest BCUT2D eigenvalue weighted by Gasteiger charge is -2.15. The lowest BCUT2D eigenvalue weighted by Crippen LogP contribution is -2.30. The molecule has 0 radical (unpaired) electrons. The molecule has 0 bridgehead atoms. The molecule has 0 amide bonds. The summed E-state index contributed by atoms with van der Waals surface area (Å²) < 4.78 is 10.7. The summed E-state index contributed by atoms with van der Waals surface area (Å²) in [6.07, 6.45) is 4.19. The van der Waals surface area contributed by atoms with Gasteiger partial charge in [0.1, 0.15) is 11.5 Å². The summed E-state index contributed by atoms with van der Waals surface area (Å²) in [6.45, 7) is 5.99. The summed E-state index contributed by atoms with van der Waals surface area (Å²) in [5.41, 5.74) is 6.27. The van der Waals surface area contributed by atoms with E-state index in [1.54, 1.807) is 12.5 Å². The number of hydrazine groups is 1. The number of hydrogen-bond donors (Lipinski definition) is 2. The van der Waals surface area contributed by atoms with E-state index in [2.05, 4.69) is 12.3 Å². The smallest absolute Gasteiger partial charge is 0.106 e. The fourth-order valence-corrected chi connectivity index (χ4v) is 2.21. The largest absolute Gasteiger partial charge is 0.472 e. The predicted octanol–water partition coefficient (Wildman–Crippen LogP) is 2.54. The van der Waals surface area contributed by atoms with E-state index < -0.39 is 0 Å². The Balaban J connectivity index is 2.29. The zero-order valence-electron chi connectivity index (χ0n) is 10.4. The molecule has 0 aliphatic carbocycles. The maximum Gasteiger partial charge on any atom is 0.106 e. The lowest BCUT2D eigenvalue weighted by atomic mass is 9.97. The van der Waals surface area contributed by atoms with Gasteiger partial charge in [-0.3, -0.25) is 11.3 Å². The third kappa shape index (κ3) is 2.28. The Morgan fingerprint density at radius 1 is 1.29 bits per heavy atom. The maximum absolute atomic E-state index is 5.65. The van der Waals surface area contributed by atoms with Crippen molar-refractivity contribution < 1.29 is 8.83 Å². The van der Waals surface area contributed by atoms with Crippen LogP contribution in [0.4, 0.5) is 0 Å². The molecule has 4 heteroatoms. The first kappa shape index (κ1) is 12.0. The molecule has 17 heavy (non-hydrogen) atoms. The second kappa shape index (κ2) is 4.77. The molecule has 2 aromatic rings. The van der Waals surface area contributed by atoms with Crippen molar-refractivity contribution in [3.05, 3.63) is 46.8 Å². The van der Waals surface area contributed by atoms with E-state index in [1.807, 2.05) is 19.9 Å². The van der Waals surface area contributed by atoms with Gasteiger partial charge in [0, 0.05) is 5.56 Å². The van der Waals surface area contributed by atoms with Crippen LogP contribution in [-0.2, 0) is 6.42 Å². The van der Waals surface area contributed by atoms with Crippen LogP contribution in [0.1, 0.15) is 34.3 Å². The van der Waals surface area contributed by atoms with Crippen LogP contribution in [0.2, 0.25) is 0 Å². The molecule has 0 spiro atoms. The number of furan rings is 2. The summed E-state index contributed by atoms with van der Waals surface area (Å²) in [4.78, 5) is 0. The van der Waals surface area contributed by atoms with Crippen molar-refractivity contribution in [2.75, 3.05) is 0 Å². The SMILES string of the molecule is Cc1oc(C)c(C(Cc2ccoc2)NN)c1C. The van der Waals surface area contributed by atoms with Crippen LogP contribution in [0.25, 0.3) is 0 Å². The van der Waals surface area contributed by atoms with Crippen molar-refractivity contribution in [1.82, 2.24) is 5.43 Å². The second-order valence-electron chi connectivity index (χ2n) is 4.31. The van der Waals surface area contributed by atoms with Gasteiger partial charge in [-0.25, -0.2) is 0 Å². The van der Waals surface area contributed by atoms with E-state index >= 15 is 0 Å². The zero-order valence-corrected chi connectivity index (χ0v) is 10.4. The first-order valence-corrected chi connectivity index (χ1v) is 5.67. The van der Waals surface area contributed by atoms with Crippen LogP contribution in [0, 0.1) is 20.8 Å². The number of nitrogens with two attached hydrogens (primary N) is 1. The van der Waals surface area contributed by atoms with Gasteiger partial charge in [-0.1, -0.05) is 0 Å². The molecule has 0 aliphatic rings. The Morgan fingerprint density at radius 3 is 2.53 bits per heavy atom. The van der Waals surface area contributed by atoms with Gasteiger partial charge < -0.3 is 8.83 Å². The highest BCUT2D eigenvalue weighted by Crippen LogP contribution is 2.28. The Kier molecular flexibility index (Phi) is 3.36. The average molecular weight is 234 g/mol. The van der Waals surface area contributed by atoms with E-state index in [1.165, 1.54) is 0 Å². The van der Waals surface area contributed by atoms with Crippen LogP contribution in [0.15, 0.2) is 27.4 Å². The minimum atomic E-state index is 0.0463. The highest BCUT2D eigenvalue weighted by Gasteiger charge is 2.20. The Bertz CT molecular complexity index is 486. The molecular weight excluding hydrogens is 216 g/mol. The fraction of sp³-hybridized carbons (Fsp3) is 0.385. The van der Waals surface area contributed by atoms with Crippen LogP contribution in [-0.4, -0.2) is 0 Å². The molecule has 1 unspecified atom stereocenters. The zero-order chi connectivity index (χ0) is 12.4. The average Bonchev–Trinajstić information content (AvgIpc) is 2.87. The monoisotopic (exact) mass is 234 g/mol. The van der Waals surface area contributed by atoms with E-state index in [0.29, 0.717) is 0 Å². The number of nitrogens with one attached hydrogen (secondary N) is 1. The van der Waals surface area contributed by atoms with Crippen LogP contribution in [0.5, 0.6) is 0 Å². The van der Waals surface area contributed by atoms with E-state index in [4.69, 9.17) is 14.7 Å². The van der Waals surface area contributed by atoms with Gasteiger partial charge >= 0.3 is 0 Å². The topological polar surface area (TPSA) is 64.3 Å². The van der Waals surface area contributed by atoms with Gasteiger partial charge in [0.2, 0.25) is 0 Å². The number of hydrogen-bond acceptors (Lipinski definition) is 4. The van der Waals surface area contributed by atoms with E-state index in [9.17, 15) is 0 Å². The number of rotatable bonds is 4. The van der Waals surface area contributed by atoms with Gasteiger partial charge in [-0.05, 0) is 44.4 Å². The minimum Gasteiger partial charge on any atom is -0.472 e. The fourth-order valence-electron chi connectivity index (χ4n) is 2.21. The quantitative estimate of drug-likeness (QED) is 0.630. The molecule has 0 saturated heterocycles. The molecule has 0 aromatic carbocycles. The molecule has 3 N–H and O–H groups in total.